The maximum absolute atomic E-state index is 13.7. The van der Waals surface area contributed by atoms with Crippen LogP contribution in [0, 0.1) is 5.82 Å². The summed E-state index contributed by atoms with van der Waals surface area (Å²) in [6, 6.07) is 2.63. The fourth-order valence-corrected chi connectivity index (χ4v) is 2.66. The molecule has 0 radical (unpaired) electrons. The minimum atomic E-state index is -0.626. The number of nitrogens with one attached hydrogen (secondary N) is 1. The van der Waals surface area contributed by atoms with Crippen LogP contribution in [-0.2, 0) is 9.53 Å². The Morgan fingerprint density at radius 1 is 1.21 bits per heavy atom. The predicted octanol–water partition coefficient (Wildman–Crippen LogP) is 5.98. The SMILES string of the molecule is CC.CC(C)(C)OC=O.CC/C=C(\CCC)c1c[nH]c2c(C(N)=O)cc(F)cc12. The standard InChI is InChI=1S/C16H19FN2O.C5H10O2.C2H6/c1-3-5-10(6-4-2)14-9-19-15-12(14)7-11(17)8-13(15)16(18)20;1-5(2,3)7-4-6;1-2/h5,7-9,19H,3-4,6H2,1-2H3,(H2,18,20);4H,1-3H3;1-2H3/b10-5+;;. The van der Waals surface area contributed by atoms with Crippen molar-refractivity contribution in [3.05, 3.63) is 41.3 Å². The number of amides is 1. The molecule has 0 unspecified atom stereocenters. The van der Waals surface area contributed by atoms with Gasteiger partial charge < -0.3 is 15.5 Å². The van der Waals surface area contributed by atoms with Crippen molar-refractivity contribution in [2.24, 2.45) is 5.73 Å². The molecule has 1 heterocycles. The Kier molecular flexibility index (Phi) is 11.6. The monoisotopic (exact) mass is 406 g/mol. The molecule has 29 heavy (non-hydrogen) atoms. The molecule has 162 valence electrons. The van der Waals surface area contributed by atoms with Crippen molar-refractivity contribution in [1.29, 1.82) is 0 Å². The molecule has 3 N–H and O–H groups in total. The first-order chi connectivity index (χ1) is 13.6. The van der Waals surface area contributed by atoms with Gasteiger partial charge in [-0.2, -0.15) is 0 Å². The zero-order chi connectivity index (χ0) is 22.6. The number of hydrogen-bond acceptors (Lipinski definition) is 3. The molecule has 5 nitrogen and oxygen atoms in total. The molecule has 0 saturated carbocycles. The minimum absolute atomic E-state index is 0.193. The lowest BCUT2D eigenvalue weighted by Gasteiger charge is -2.14. The van der Waals surface area contributed by atoms with E-state index in [4.69, 9.17) is 5.73 Å². The highest BCUT2D eigenvalue weighted by atomic mass is 19.1. The number of H-pyrrole nitrogens is 1. The van der Waals surface area contributed by atoms with Crippen LogP contribution in [0.1, 0.15) is 83.7 Å². The number of carbonyl (C=O) groups is 2. The predicted molar refractivity (Wildman–Crippen MR) is 118 cm³/mol. The highest BCUT2D eigenvalue weighted by molar-refractivity contribution is 6.07. The number of benzene rings is 1. The second-order valence-corrected chi connectivity index (χ2v) is 7.16. The third-order valence-electron chi connectivity index (χ3n) is 3.74. The van der Waals surface area contributed by atoms with Gasteiger partial charge in [0.05, 0.1) is 11.1 Å². The Bertz CT molecular complexity index is 817. The molecule has 0 spiro atoms. The second-order valence-electron chi connectivity index (χ2n) is 7.16. The molecule has 1 aromatic carbocycles. The number of rotatable bonds is 6. The van der Waals surface area contributed by atoms with Gasteiger partial charge in [-0.1, -0.05) is 40.2 Å². The molecule has 2 aromatic rings. The molecule has 0 bridgehead atoms. The molecule has 0 aliphatic heterocycles. The molecular formula is C23H35FN2O3. The van der Waals surface area contributed by atoms with Gasteiger partial charge in [0, 0.05) is 17.1 Å². The lowest BCUT2D eigenvalue weighted by molar-refractivity contribution is -0.138. The molecule has 0 atom stereocenters. The normalized spacial score (nSPS) is 11.1. The van der Waals surface area contributed by atoms with Gasteiger partial charge >= 0.3 is 0 Å². The molecule has 1 aromatic heterocycles. The third-order valence-corrected chi connectivity index (χ3v) is 3.74. The fourth-order valence-electron chi connectivity index (χ4n) is 2.66. The summed E-state index contributed by atoms with van der Waals surface area (Å²) >= 11 is 0. The first kappa shape index (κ1) is 26.4. The summed E-state index contributed by atoms with van der Waals surface area (Å²) < 4.78 is 18.3. The number of carbonyl (C=O) groups excluding carboxylic acids is 2. The third kappa shape index (κ3) is 8.50. The van der Waals surface area contributed by atoms with E-state index in [0.29, 0.717) is 17.4 Å². The van der Waals surface area contributed by atoms with Crippen LogP contribution >= 0.6 is 0 Å². The van der Waals surface area contributed by atoms with Crippen LogP contribution in [-0.4, -0.2) is 23.0 Å². The van der Waals surface area contributed by atoms with Crippen molar-refractivity contribution in [3.8, 4) is 0 Å². The zero-order valence-electron chi connectivity index (χ0n) is 18.7. The second kappa shape index (κ2) is 12.8. The first-order valence-electron chi connectivity index (χ1n) is 10.1. The maximum atomic E-state index is 13.7. The number of primary amides is 1. The average Bonchev–Trinajstić information content (AvgIpc) is 3.05. The summed E-state index contributed by atoms with van der Waals surface area (Å²) in [5.74, 6) is -1.07. The number of hydrogen-bond donors (Lipinski definition) is 2. The minimum Gasteiger partial charge on any atom is -0.462 e. The molecular weight excluding hydrogens is 371 g/mol. The van der Waals surface area contributed by atoms with E-state index in [1.165, 1.54) is 17.7 Å². The smallest absolute Gasteiger partial charge is 0.293 e. The van der Waals surface area contributed by atoms with Crippen molar-refractivity contribution in [2.75, 3.05) is 0 Å². The van der Waals surface area contributed by atoms with E-state index >= 15 is 0 Å². The van der Waals surface area contributed by atoms with E-state index in [1.807, 2.05) is 40.8 Å². The largest absolute Gasteiger partial charge is 0.462 e. The molecule has 0 aliphatic carbocycles. The van der Waals surface area contributed by atoms with Gasteiger partial charge in [-0.3, -0.25) is 9.59 Å². The van der Waals surface area contributed by atoms with Crippen molar-refractivity contribution >= 4 is 28.9 Å². The number of nitrogens with two attached hydrogens (primary N) is 1. The van der Waals surface area contributed by atoms with Crippen molar-refractivity contribution in [3.63, 3.8) is 0 Å². The Morgan fingerprint density at radius 2 is 1.83 bits per heavy atom. The van der Waals surface area contributed by atoms with Crippen LogP contribution in [0.3, 0.4) is 0 Å². The highest BCUT2D eigenvalue weighted by Crippen LogP contribution is 2.30. The highest BCUT2D eigenvalue weighted by Gasteiger charge is 2.15. The molecule has 0 aliphatic rings. The molecule has 2 rings (SSSR count). The molecule has 1 amide bonds. The summed E-state index contributed by atoms with van der Waals surface area (Å²) in [6.45, 7) is 14.1. The van der Waals surface area contributed by atoms with Crippen LogP contribution in [0.4, 0.5) is 4.39 Å². The quantitative estimate of drug-likeness (QED) is 0.578. The summed E-state index contributed by atoms with van der Waals surface area (Å²) in [5.41, 5.74) is 7.91. The van der Waals surface area contributed by atoms with Crippen LogP contribution in [0.2, 0.25) is 0 Å². The number of fused-ring (bicyclic) bond motifs is 1. The van der Waals surface area contributed by atoms with E-state index in [0.717, 1.165) is 24.8 Å². The van der Waals surface area contributed by atoms with Gasteiger partial charge in [0.25, 0.3) is 12.4 Å². The van der Waals surface area contributed by atoms with Crippen molar-refractivity contribution < 1.29 is 18.7 Å². The molecule has 0 fully saturated rings. The molecule has 0 saturated heterocycles. The maximum Gasteiger partial charge on any atom is 0.293 e. The Morgan fingerprint density at radius 3 is 2.24 bits per heavy atom. The lowest BCUT2D eigenvalue weighted by Crippen LogP contribution is -2.17. The summed E-state index contributed by atoms with van der Waals surface area (Å²) in [5, 5.41) is 0.715. The fraction of sp³-hybridized carbons (Fsp3) is 0.478. The Hall–Kier alpha value is -2.63. The summed E-state index contributed by atoms with van der Waals surface area (Å²) in [7, 11) is 0. The first-order valence-corrected chi connectivity index (χ1v) is 10.1. The number of aromatic nitrogens is 1. The number of ether oxygens (including phenoxy) is 1. The van der Waals surface area contributed by atoms with Crippen molar-refractivity contribution in [2.45, 2.75) is 73.3 Å². The van der Waals surface area contributed by atoms with E-state index in [2.05, 4.69) is 29.6 Å². The van der Waals surface area contributed by atoms with Crippen molar-refractivity contribution in [1.82, 2.24) is 4.98 Å². The molecule has 6 heteroatoms. The average molecular weight is 407 g/mol. The van der Waals surface area contributed by atoms with Gasteiger partial charge in [-0.05, 0) is 51.3 Å². The van der Waals surface area contributed by atoms with Crippen LogP contribution in [0.5, 0.6) is 0 Å². The summed E-state index contributed by atoms with van der Waals surface area (Å²) in [6.07, 6.45) is 6.81. The number of aromatic amines is 1. The topological polar surface area (TPSA) is 85.2 Å². The number of allylic oxidation sites excluding steroid dienone is 2. The lowest BCUT2D eigenvalue weighted by atomic mass is 9.98. The number of halogens is 1. The Labute approximate surface area is 173 Å². The Balaban J connectivity index is 0.000000740. The van der Waals surface area contributed by atoms with Gasteiger partial charge in [0.1, 0.15) is 11.4 Å². The van der Waals surface area contributed by atoms with E-state index in [1.54, 1.807) is 0 Å². The van der Waals surface area contributed by atoms with Gasteiger partial charge in [-0.15, -0.1) is 0 Å². The van der Waals surface area contributed by atoms with E-state index < -0.39 is 11.7 Å². The van der Waals surface area contributed by atoms with E-state index in [-0.39, 0.29) is 11.2 Å². The van der Waals surface area contributed by atoms with Crippen LogP contribution < -0.4 is 5.73 Å². The van der Waals surface area contributed by atoms with Gasteiger partial charge in [0.15, 0.2) is 0 Å². The van der Waals surface area contributed by atoms with E-state index in [9.17, 15) is 14.0 Å². The van der Waals surface area contributed by atoms with Gasteiger partial charge in [-0.25, -0.2) is 4.39 Å². The van der Waals surface area contributed by atoms with Crippen LogP contribution in [0.25, 0.3) is 16.5 Å². The summed E-state index contributed by atoms with van der Waals surface area (Å²) in [4.78, 5) is 24.1. The van der Waals surface area contributed by atoms with Gasteiger partial charge in [0.2, 0.25) is 0 Å². The van der Waals surface area contributed by atoms with Crippen LogP contribution in [0.15, 0.2) is 24.4 Å². The zero-order valence-corrected chi connectivity index (χ0v) is 18.7.